The molecule has 0 unspecified atom stereocenters. The zero-order valence-corrected chi connectivity index (χ0v) is 13.1. The summed E-state index contributed by atoms with van der Waals surface area (Å²) in [7, 11) is 0. The van der Waals surface area contributed by atoms with Crippen LogP contribution in [0.4, 0.5) is 4.79 Å². The molecular weight excluding hydrogens is 288 g/mol. The summed E-state index contributed by atoms with van der Waals surface area (Å²) in [6.07, 6.45) is 2.22. The van der Waals surface area contributed by atoms with E-state index in [1.165, 1.54) is 6.92 Å². The number of rotatable bonds is 8. The number of amides is 2. The van der Waals surface area contributed by atoms with E-state index >= 15 is 0 Å². The molecule has 0 aromatic heterocycles. The number of ketones is 1. The molecule has 1 aliphatic heterocycles. The van der Waals surface area contributed by atoms with Gasteiger partial charge in [-0.15, -0.1) is 0 Å². The number of aliphatic carboxylic acids is 1. The number of carboxylic acid groups (broad SMARTS) is 1. The molecule has 0 aromatic carbocycles. The largest absolute Gasteiger partial charge is 0.480 e. The van der Waals surface area contributed by atoms with E-state index in [0.29, 0.717) is 39.1 Å². The van der Waals surface area contributed by atoms with Gasteiger partial charge in [0.2, 0.25) is 0 Å². The van der Waals surface area contributed by atoms with Crippen LogP contribution < -0.4 is 11.1 Å². The molecule has 1 atom stereocenters. The highest BCUT2D eigenvalue weighted by atomic mass is 16.4. The van der Waals surface area contributed by atoms with Crippen LogP contribution in [-0.4, -0.2) is 78.0 Å². The molecule has 0 aromatic rings. The Bertz CT molecular complexity index is 394. The lowest BCUT2D eigenvalue weighted by molar-refractivity contribution is -0.138. The summed E-state index contributed by atoms with van der Waals surface area (Å²) in [5.74, 6) is -0.857. The first-order chi connectivity index (χ1) is 10.4. The van der Waals surface area contributed by atoms with Crippen molar-refractivity contribution in [2.24, 2.45) is 5.73 Å². The third-order valence-electron chi connectivity index (χ3n) is 3.76. The number of carbonyl (C=O) groups excluding carboxylic acids is 2. The highest BCUT2D eigenvalue weighted by molar-refractivity contribution is 5.81. The van der Waals surface area contributed by atoms with Gasteiger partial charge in [0.05, 0.1) is 12.6 Å². The number of piperazine rings is 1. The van der Waals surface area contributed by atoms with Crippen molar-refractivity contribution in [2.45, 2.75) is 32.2 Å². The standard InChI is InChI=1S/C14H26N4O4/c1-11(19)12(15)4-2-3-5-16-14(22)18-8-6-17(7-9-18)10-13(20)21/h12H,2-10,15H2,1H3,(H,16,22)(H,20,21)/t12-/m0/s1. The zero-order valence-electron chi connectivity index (χ0n) is 13.1. The van der Waals surface area contributed by atoms with Crippen LogP contribution in [0.3, 0.4) is 0 Å². The highest BCUT2D eigenvalue weighted by Gasteiger charge is 2.21. The van der Waals surface area contributed by atoms with Crippen molar-refractivity contribution in [2.75, 3.05) is 39.3 Å². The first-order valence-electron chi connectivity index (χ1n) is 7.63. The van der Waals surface area contributed by atoms with Gasteiger partial charge < -0.3 is 21.1 Å². The average Bonchev–Trinajstić information content (AvgIpc) is 2.46. The van der Waals surface area contributed by atoms with Crippen LogP contribution >= 0.6 is 0 Å². The topological polar surface area (TPSA) is 116 Å². The van der Waals surface area contributed by atoms with Gasteiger partial charge in [-0.25, -0.2) is 4.79 Å². The minimum atomic E-state index is -0.846. The van der Waals surface area contributed by atoms with Crippen molar-refractivity contribution in [3.05, 3.63) is 0 Å². The Morgan fingerprint density at radius 2 is 1.82 bits per heavy atom. The normalized spacial score (nSPS) is 17.1. The van der Waals surface area contributed by atoms with Crippen molar-refractivity contribution in [3.63, 3.8) is 0 Å². The van der Waals surface area contributed by atoms with Crippen molar-refractivity contribution in [1.82, 2.24) is 15.1 Å². The van der Waals surface area contributed by atoms with Crippen molar-refractivity contribution in [3.8, 4) is 0 Å². The Labute approximate surface area is 130 Å². The number of hydrogen-bond acceptors (Lipinski definition) is 5. The lowest BCUT2D eigenvalue weighted by Crippen LogP contribution is -2.52. The van der Waals surface area contributed by atoms with Gasteiger partial charge in [-0.2, -0.15) is 0 Å². The summed E-state index contributed by atoms with van der Waals surface area (Å²) in [4.78, 5) is 37.0. The molecule has 1 saturated heterocycles. The van der Waals surface area contributed by atoms with Gasteiger partial charge in [0, 0.05) is 32.7 Å². The molecule has 1 rings (SSSR count). The summed E-state index contributed by atoms with van der Waals surface area (Å²) in [5, 5.41) is 11.6. The summed E-state index contributed by atoms with van der Waals surface area (Å²) in [6.45, 7) is 4.28. The molecule has 22 heavy (non-hydrogen) atoms. The summed E-state index contributed by atoms with van der Waals surface area (Å²) < 4.78 is 0. The lowest BCUT2D eigenvalue weighted by Gasteiger charge is -2.33. The van der Waals surface area contributed by atoms with Crippen molar-refractivity contribution >= 4 is 17.8 Å². The molecule has 8 nitrogen and oxygen atoms in total. The minimum Gasteiger partial charge on any atom is -0.480 e. The van der Waals surface area contributed by atoms with Gasteiger partial charge in [-0.05, 0) is 26.2 Å². The second-order valence-corrected chi connectivity index (χ2v) is 5.60. The van der Waals surface area contributed by atoms with Crippen LogP contribution in [0, 0.1) is 0 Å². The van der Waals surface area contributed by atoms with Crippen LogP contribution in [0.2, 0.25) is 0 Å². The molecule has 126 valence electrons. The minimum absolute atomic E-state index is 0.0109. The molecule has 2 amide bonds. The predicted octanol–water partition coefficient (Wildman–Crippen LogP) is -0.515. The SMILES string of the molecule is CC(=O)[C@@H](N)CCCCNC(=O)N1CCN(CC(=O)O)CC1. The van der Waals surface area contributed by atoms with E-state index in [2.05, 4.69) is 5.32 Å². The highest BCUT2D eigenvalue weighted by Crippen LogP contribution is 2.03. The maximum atomic E-state index is 11.9. The third-order valence-corrected chi connectivity index (χ3v) is 3.76. The Morgan fingerprint density at radius 1 is 1.18 bits per heavy atom. The number of hydrogen-bond donors (Lipinski definition) is 3. The molecule has 0 aliphatic carbocycles. The van der Waals surface area contributed by atoms with Crippen molar-refractivity contribution < 1.29 is 19.5 Å². The molecule has 0 spiro atoms. The fourth-order valence-corrected chi connectivity index (χ4v) is 2.30. The molecule has 0 saturated carbocycles. The number of unbranched alkanes of at least 4 members (excludes halogenated alkanes) is 1. The molecule has 1 heterocycles. The maximum Gasteiger partial charge on any atom is 0.317 e. The monoisotopic (exact) mass is 314 g/mol. The molecular formula is C14H26N4O4. The molecule has 0 bridgehead atoms. The Morgan fingerprint density at radius 3 is 2.36 bits per heavy atom. The number of nitrogens with one attached hydrogen (secondary N) is 1. The van der Waals surface area contributed by atoms with Gasteiger partial charge in [0.25, 0.3) is 0 Å². The quantitative estimate of drug-likeness (QED) is 0.519. The van der Waals surface area contributed by atoms with Gasteiger partial charge in [0.15, 0.2) is 0 Å². The molecule has 4 N–H and O–H groups in total. The number of carbonyl (C=O) groups is 3. The number of carboxylic acids is 1. The van der Waals surface area contributed by atoms with Crippen molar-refractivity contribution in [1.29, 1.82) is 0 Å². The fraction of sp³-hybridized carbons (Fsp3) is 0.786. The number of nitrogens with zero attached hydrogens (tertiary/aromatic N) is 2. The van der Waals surface area contributed by atoms with Crippen LogP contribution in [0.1, 0.15) is 26.2 Å². The molecule has 8 heteroatoms. The zero-order chi connectivity index (χ0) is 16.5. The molecule has 0 radical (unpaired) electrons. The lowest BCUT2D eigenvalue weighted by atomic mass is 10.1. The second-order valence-electron chi connectivity index (χ2n) is 5.60. The second kappa shape index (κ2) is 9.37. The van der Waals surface area contributed by atoms with E-state index in [-0.39, 0.29) is 18.4 Å². The smallest absolute Gasteiger partial charge is 0.317 e. The van der Waals surface area contributed by atoms with Gasteiger partial charge in [-0.1, -0.05) is 0 Å². The Kier molecular flexibility index (Phi) is 7.83. The maximum absolute atomic E-state index is 11.9. The summed E-state index contributed by atoms with van der Waals surface area (Å²) >= 11 is 0. The first kappa shape index (κ1) is 18.4. The van der Waals surface area contributed by atoms with Gasteiger partial charge >= 0.3 is 12.0 Å². The predicted molar refractivity (Wildman–Crippen MR) is 81.6 cm³/mol. The molecule has 1 aliphatic rings. The Hall–Kier alpha value is -1.67. The fourth-order valence-electron chi connectivity index (χ4n) is 2.30. The summed E-state index contributed by atoms with van der Waals surface area (Å²) in [5.41, 5.74) is 5.63. The van der Waals surface area contributed by atoms with Crippen LogP contribution in [-0.2, 0) is 9.59 Å². The van der Waals surface area contributed by atoms with E-state index in [4.69, 9.17) is 10.8 Å². The summed E-state index contributed by atoms with van der Waals surface area (Å²) in [6, 6.07) is -0.524. The number of nitrogens with two attached hydrogens (primary N) is 1. The number of Topliss-reactive ketones (excluding diaryl/α,β-unsaturated/α-hetero) is 1. The van der Waals surface area contributed by atoms with E-state index in [1.54, 1.807) is 4.90 Å². The van der Waals surface area contributed by atoms with Crippen LogP contribution in [0.25, 0.3) is 0 Å². The third kappa shape index (κ3) is 6.86. The average molecular weight is 314 g/mol. The van der Waals surface area contributed by atoms with Gasteiger partial charge in [0.1, 0.15) is 5.78 Å². The van der Waals surface area contributed by atoms with Crippen LogP contribution in [0.15, 0.2) is 0 Å². The van der Waals surface area contributed by atoms with E-state index in [9.17, 15) is 14.4 Å². The Balaban J connectivity index is 2.11. The van der Waals surface area contributed by atoms with E-state index in [1.807, 2.05) is 4.90 Å². The van der Waals surface area contributed by atoms with Gasteiger partial charge in [-0.3, -0.25) is 14.5 Å². The van der Waals surface area contributed by atoms with E-state index in [0.717, 1.165) is 12.8 Å². The number of urea groups is 1. The van der Waals surface area contributed by atoms with E-state index < -0.39 is 12.0 Å². The molecule has 1 fully saturated rings. The first-order valence-corrected chi connectivity index (χ1v) is 7.63. The van der Waals surface area contributed by atoms with Crippen LogP contribution in [0.5, 0.6) is 0 Å².